The topological polar surface area (TPSA) is 77.1 Å². The molecule has 0 radical (unpaired) electrons. The molecule has 25 heavy (non-hydrogen) atoms. The van der Waals surface area contributed by atoms with Crippen LogP contribution in [0.5, 0.6) is 17.2 Å². The first-order chi connectivity index (χ1) is 11.9. The Labute approximate surface area is 147 Å². The molecule has 0 amide bonds. The summed E-state index contributed by atoms with van der Waals surface area (Å²) < 4.78 is 44.0. The quantitative estimate of drug-likeness (QED) is 0.877. The summed E-state index contributed by atoms with van der Waals surface area (Å²) in [7, 11) is 1.01. The van der Waals surface area contributed by atoms with E-state index in [1.54, 1.807) is 24.3 Å². The molecule has 0 atom stereocenters. The molecule has 0 spiro atoms. The van der Waals surface area contributed by atoms with Gasteiger partial charge in [0, 0.05) is 19.2 Å². The fraction of sp³-hybridized carbons (Fsp3) is 0.294. The highest BCUT2D eigenvalue weighted by molar-refractivity contribution is 7.92. The molecule has 8 heteroatoms. The fourth-order valence-electron chi connectivity index (χ4n) is 2.63. The van der Waals surface area contributed by atoms with Crippen molar-refractivity contribution in [2.75, 3.05) is 44.0 Å². The number of ether oxygens (including phenoxy) is 3. The largest absolute Gasteiger partial charge is 0.497 e. The Kier molecular flexibility index (Phi) is 4.63. The van der Waals surface area contributed by atoms with Crippen LogP contribution in [-0.2, 0) is 10.0 Å². The number of sulfonamides is 1. The number of nitrogens with one attached hydrogen (secondary N) is 1. The van der Waals surface area contributed by atoms with Crippen molar-refractivity contribution in [1.82, 2.24) is 0 Å². The van der Waals surface area contributed by atoms with Crippen LogP contribution in [0.2, 0.25) is 0 Å². The van der Waals surface area contributed by atoms with Crippen molar-refractivity contribution in [3.8, 4) is 17.2 Å². The maximum atomic E-state index is 12.8. The minimum Gasteiger partial charge on any atom is -0.497 e. The average molecular weight is 364 g/mol. The van der Waals surface area contributed by atoms with Crippen molar-refractivity contribution in [2.24, 2.45) is 0 Å². The molecule has 0 bridgehead atoms. The van der Waals surface area contributed by atoms with Crippen LogP contribution in [-0.4, -0.2) is 42.8 Å². The van der Waals surface area contributed by atoms with Gasteiger partial charge in [-0.15, -0.1) is 0 Å². The highest BCUT2D eigenvalue weighted by Gasteiger charge is 2.22. The number of anilines is 2. The van der Waals surface area contributed by atoms with Crippen LogP contribution in [0.15, 0.2) is 41.3 Å². The fourth-order valence-corrected chi connectivity index (χ4v) is 3.86. The van der Waals surface area contributed by atoms with E-state index in [0.29, 0.717) is 23.8 Å². The van der Waals surface area contributed by atoms with Gasteiger partial charge in [-0.1, -0.05) is 0 Å². The van der Waals surface area contributed by atoms with Crippen molar-refractivity contribution < 1.29 is 22.6 Å². The molecule has 2 aromatic carbocycles. The van der Waals surface area contributed by atoms with Crippen molar-refractivity contribution in [1.29, 1.82) is 0 Å². The number of likely N-dealkylation sites (N-methyl/N-ethyl adjacent to an activating group) is 1. The van der Waals surface area contributed by atoms with Crippen LogP contribution >= 0.6 is 0 Å². The molecule has 3 rings (SSSR count). The molecule has 7 nitrogen and oxygen atoms in total. The lowest BCUT2D eigenvalue weighted by Gasteiger charge is -2.28. The maximum Gasteiger partial charge on any atom is 0.265 e. The number of nitrogens with zero attached hydrogens (tertiary/aromatic N) is 1. The predicted molar refractivity (Wildman–Crippen MR) is 95.6 cm³/mol. The van der Waals surface area contributed by atoms with Gasteiger partial charge in [0.05, 0.1) is 32.1 Å². The molecule has 0 saturated carbocycles. The van der Waals surface area contributed by atoms with E-state index in [9.17, 15) is 8.42 Å². The molecule has 0 aliphatic carbocycles. The van der Waals surface area contributed by atoms with Crippen LogP contribution in [0.1, 0.15) is 0 Å². The van der Waals surface area contributed by atoms with E-state index in [-0.39, 0.29) is 10.6 Å². The summed E-state index contributed by atoms with van der Waals surface area (Å²) in [6.07, 6.45) is 0. The molecule has 0 fully saturated rings. The number of fused-ring (bicyclic) bond motifs is 1. The van der Waals surface area contributed by atoms with Gasteiger partial charge in [0.25, 0.3) is 10.0 Å². The zero-order chi connectivity index (χ0) is 18.0. The number of methoxy groups -OCH3 is 2. The second kappa shape index (κ2) is 6.72. The van der Waals surface area contributed by atoms with E-state index in [1.807, 2.05) is 13.1 Å². The first-order valence-electron chi connectivity index (χ1n) is 7.67. The third-order valence-corrected chi connectivity index (χ3v) is 5.37. The lowest BCUT2D eigenvalue weighted by atomic mass is 10.2. The minimum atomic E-state index is -3.85. The number of benzene rings is 2. The average Bonchev–Trinajstić information content (AvgIpc) is 2.61. The highest BCUT2D eigenvalue weighted by Crippen LogP contribution is 2.35. The molecule has 134 valence electrons. The summed E-state index contributed by atoms with van der Waals surface area (Å²) in [6, 6.07) is 9.82. The van der Waals surface area contributed by atoms with Gasteiger partial charge in [0.2, 0.25) is 0 Å². The molecule has 0 aromatic heterocycles. The summed E-state index contributed by atoms with van der Waals surface area (Å²) in [5.41, 5.74) is 1.34. The Balaban J connectivity index is 1.94. The normalized spacial score (nSPS) is 13.6. The number of rotatable bonds is 5. The van der Waals surface area contributed by atoms with Crippen molar-refractivity contribution in [3.05, 3.63) is 36.4 Å². The smallest absolute Gasteiger partial charge is 0.265 e. The summed E-state index contributed by atoms with van der Waals surface area (Å²) >= 11 is 0. The van der Waals surface area contributed by atoms with Crippen LogP contribution in [0, 0.1) is 0 Å². The lowest BCUT2D eigenvalue weighted by Crippen LogP contribution is -2.28. The second-order valence-corrected chi connectivity index (χ2v) is 7.23. The van der Waals surface area contributed by atoms with Crippen LogP contribution in [0.4, 0.5) is 11.4 Å². The van der Waals surface area contributed by atoms with Gasteiger partial charge in [-0.2, -0.15) is 0 Å². The zero-order valence-corrected chi connectivity index (χ0v) is 15.1. The van der Waals surface area contributed by atoms with E-state index < -0.39 is 10.0 Å². The molecule has 0 saturated heterocycles. The van der Waals surface area contributed by atoms with E-state index in [1.165, 1.54) is 20.3 Å². The molecular weight excluding hydrogens is 344 g/mol. The SMILES string of the molecule is COc1ccc(OC)c(S(=O)(=O)Nc2ccc3c(c2)OCCN3C)c1. The van der Waals surface area contributed by atoms with Crippen LogP contribution < -0.4 is 23.8 Å². The van der Waals surface area contributed by atoms with Gasteiger partial charge in [0.1, 0.15) is 28.8 Å². The predicted octanol–water partition coefficient (Wildman–Crippen LogP) is 2.33. The summed E-state index contributed by atoms with van der Waals surface area (Å²) in [4.78, 5) is 2.06. The molecular formula is C17H20N2O5S. The van der Waals surface area contributed by atoms with Gasteiger partial charge in [-0.3, -0.25) is 4.72 Å². The molecule has 1 heterocycles. The molecule has 1 aliphatic heterocycles. The summed E-state index contributed by atoms with van der Waals surface area (Å²) in [5.74, 6) is 1.31. The number of hydrogen-bond acceptors (Lipinski definition) is 6. The summed E-state index contributed by atoms with van der Waals surface area (Å²) in [5, 5.41) is 0. The van der Waals surface area contributed by atoms with Gasteiger partial charge in [-0.25, -0.2) is 8.42 Å². The first-order valence-corrected chi connectivity index (χ1v) is 9.16. The molecule has 2 aromatic rings. The second-order valence-electron chi connectivity index (χ2n) is 5.57. The van der Waals surface area contributed by atoms with E-state index in [2.05, 4.69) is 9.62 Å². The standard InChI is InChI=1S/C17H20N2O5S/c1-19-8-9-24-16-10-12(4-6-14(16)19)18-25(20,21)17-11-13(22-2)5-7-15(17)23-3/h4-7,10-11,18H,8-9H2,1-3H3. The van der Waals surface area contributed by atoms with Crippen LogP contribution in [0.25, 0.3) is 0 Å². The van der Waals surface area contributed by atoms with Gasteiger partial charge >= 0.3 is 0 Å². The van der Waals surface area contributed by atoms with E-state index >= 15 is 0 Å². The van der Waals surface area contributed by atoms with Crippen molar-refractivity contribution in [2.45, 2.75) is 4.90 Å². The monoisotopic (exact) mass is 364 g/mol. The van der Waals surface area contributed by atoms with Crippen molar-refractivity contribution in [3.63, 3.8) is 0 Å². The lowest BCUT2D eigenvalue weighted by molar-refractivity contribution is 0.311. The number of hydrogen-bond donors (Lipinski definition) is 1. The van der Waals surface area contributed by atoms with Crippen molar-refractivity contribution >= 4 is 21.4 Å². The van der Waals surface area contributed by atoms with E-state index in [4.69, 9.17) is 14.2 Å². The Morgan fingerprint density at radius 3 is 2.64 bits per heavy atom. The minimum absolute atomic E-state index is 0.00473. The summed E-state index contributed by atoms with van der Waals surface area (Å²) in [6.45, 7) is 1.35. The van der Waals surface area contributed by atoms with Gasteiger partial charge < -0.3 is 19.1 Å². The Morgan fingerprint density at radius 1 is 1.12 bits per heavy atom. The third-order valence-electron chi connectivity index (χ3n) is 3.97. The van der Waals surface area contributed by atoms with E-state index in [0.717, 1.165) is 12.2 Å². The Hall–Kier alpha value is -2.61. The molecule has 1 N–H and O–H groups in total. The first kappa shape index (κ1) is 17.2. The van der Waals surface area contributed by atoms with Gasteiger partial charge in [0.15, 0.2) is 0 Å². The van der Waals surface area contributed by atoms with Gasteiger partial charge in [-0.05, 0) is 24.3 Å². The Bertz CT molecular complexity index is 883. The zero-order valence-electron chi connectivity index (χ0n) is 14.3. The van der Waals surface area contributed by atoms with Crippen LogP contribution in [0.3, 0.4) is 0 Å². The molecule has 1 aliphatic rings. The maximum absolute atomic E-state index is 12.8. The Morgan fingerprint density at radius 2 is 1.92 bits per heavy atom. The third kappa shape index (κ3) is 3.43. The highest BCUT2D eigenvalue weighted by atomic mass is 32.2. The molecule has 0 unspecified atom stereocenters.